The first kappa shape index (κ1) is 19.9. The van der Waals surface area contributed by atoms with E-state index in [4.69, 9.17) is 4.74 Å². The molecule has 0 aliphatic heterocycles. The molecule has 0 heterocycles. The molecule has 0 amide bonds. The van der Waals surface area contributed by atoms with Gasteiger partial charge in [-0.25, -0.2) is 0 Å². The summed E-state index contributed by atoms with van der Waals surface area (Å²) in [7, 11) is -3.42. The number of rotatable bonds is 5. The molecule has 0 saturated heterocycles. The molecule has 23 heavy (non-hydrogen) atoms. The summed E-state index contributed by atoms with van der Waals surface area (Å²) >= 11 is 0. The maximum absolute atomic E-state index is 11.7. The molecule has 0 bridgehead atoms. The molecule has 0 aromatic carbocycles. The van der Waals surface area contributed by atoms with Gasteiger partial charge in [0.15, 0.2) is 0 Å². The molecule has 0 unspecified atom stereocenters. The second kappa shape index (κ2) is 8.67. The van der Waals surface area contributed by atoms with Crippen LogP contribution in [0, 0.1) is 17.8 Å². The number of hydrogen-bond donors (Lipinski definition) is 1. The fourth-order valence-electron chi connectivity index (χ4n) is 2.37. The number of hydrogen-bond acceptors (Lipinski definition) is 6. The van der Waals surface area contributed by atoms with Crippen molar-refractivity contribution in [2.45, 2.75) is 58.1 Å². The van der Waals surface area contributed by atoms with Crippen LogP contribution in [0.4, 0.5) is 0 Å². The van der Waals surface area contributed by atoms with Gasteiger partial charge < -0.3 is 10.1 Å². The van der Waals surface area contributed by atoms with E-state index in [-0.39, 0.29) is 25.0 Å². The Balaban J connectivity index is 2.23. The first-order valence-electron chi connectivity index (χ1n) is 7.83. The lowest BCUT2D eigenvalue weighted by Crippen LogP contribution is -2.39. The van der Waals surface area contributed by atoms with Crippen LogP contribution in [0.25, 0.3) is 0 Å². The van der Waals surface area contributed by atoms with Crippen molar-refractivity contribution < 1.29 is 22.1 Å². The number of ether oxygens (including phenoxy) is 1. The number of nitrogens with one attached hydrogen (secondary N) is 1. The van der Waals surface area contributed by atoms with Gasteiger partial charge in [-0.1, -0.05) is 11.8 Å². The molecule has 0 spiro atoms. The molecular formula is C16H27NO5S. The van der Waals surface area contributed by atoms with Crippen molar-refractivity contribution in [1.29, 1.82) is 0 Å². The molecule has 0 atom stereocenters. The van der Waals surface area contributed by atoms with Crippen molar-refractivity contribution in [3.05, 3.63) is 0 Å². The zero-order valence-electron chi connectivity index (χ0n) is 14.3. The van der Waals surface area contributed by atoms with E-state index in [1.807, 2.05) is 20.8 Å². The van der Waals surface area contributed by atoms with E-state index in [0.717, 1.165) is 31.9 Å². The summed E-state index contributed by atoms with van der Waals surface area (Å²) in [5, 5.41) is 3.22. The Labute approximate surface area is 139 Å². The van der Waals surface area contributed by atoms with Gasteiger partial charge in [-0.2, -0.15) is 8.42 Å². The molecule has 1 aliphatic rings. The molecule has 1 saturated carbocycles. The van der Waals surface area contributed by atoms with E-state index < -0.39 is 15.7 Å². The monoisotopic (exact) mass is 345 g/mol. The highest BCUT2D eigenvalue weighted by Crippen LogP contribution is 2.23. The molecule has 7 heteroatoms. The molecule has 0 radical (unpaired) electrons. The van der Waals surface area contributed by atoms with Crippen LogP contribution in [0.15, 0.2) is 0 Å². The molecule has 1 aliphatic carbocycles. The normalized spacial score (nSPS) is 22.1. The van der Waals surface area contributed by atoms with Crippen LogP contribution < -0.4 is 5.32 Å². The topological polar surface area (TPSA) is 81.7 Å². The highest BCUT2D eigenvalue weighted by atomic mass is 32.2. The lowest BCUT2D eigenvalue weighted by atomic mass is 9.86. The minimum Gasteiger partial charge on any atom is -0.459 e. The summed E-state index contributed by atoms with van der Waals surface area (Å²) in [6.07, 6.45) is 4.75. The van der Waals surface area contributed by atoms with E-state index in [1.165, 1.54) is 0 Å². The highest BCUT2D eigenvalue weighted by molar-refractivity contribution is 7.86. The predicted molar refractivity (Wildman–Crippen MR) is 88.2 cm³/mol. The van der Waals surface area contributed by atoms with Gasteiger partial charge in [0, 0.05) is 12.0 Å². The molecule has 1 rings (SSSR count). The largest absolute Gasteiger partial charge is 0.459 e. The van der Waals surface area contributed by atoms with E-state index in [0.29, 0.717) is 6.04 Å². The third-order valence-electron chi connectivity index (χ3n) is 3.33. The van der Waals surface area contributed by atoms with E-state index in [2.05, 4.69) is 21.3 Å². The third kappa shape index (κ3) is 10.3. The van der Waals surface area contributed by atoms with Crippen LogP contribution in [0.2, 0.25) is 0 Å². The molecule has 0 aromatic rings. The van der Waals surface area contributed by atoms with Gasteiger partial charge in [-0.15, -0.1) is 0 Å². The third-order valence-corrected chi connectivity index (χ3v) is 3.88. The maximum Gasteiger partial charge on any atom is 0.320 e. The Bertz CT molecular complexity index is 545. The Kier molecular flexibility index (Phi) is 7.52. The molecule has 0 aromatic heterocycles. The van der Waals surface area contributed by atoms with Crippen LogP contribution >= 0.6 is 0 Å². The first-order chi connectivity index (χ1) is 10.6. The van der Waals surface area contributed by atoms with Crippen LogP contribution in [0.1, 0.15) is 46.5 Å². The summed E-state index contributed by atoms with van der Waals surface area (Å²) in [6, 6.07) is 0.299. The van der Waals surface area contributed by atoms with Crippen molar-refractivity contribution >= 4 is 16.1 Å². The minimum atomic E-state index is -3.42. The highest BCUT2D eigenvalue weighted by Gasteiger charge is 2.21. The van der Waals surface area contributed by atoms with E-state index >= 15 is 0 Å². The van der Waals surface area contributed by atoms with Crippen molar-refractivity contribution in [3.63, 3.8) is 0 Å². The second-order valence-electron chi connectivity index (χ2n) is 6.80. The maximum atomic E-state index is 11.7. The van der Waals surface area contributed by atoms with Crippen LogP contribution in [-0.2, 0) is 23.8 Å². The zero-order valence-corrected chi connectivity index (χ0v) is 15.2. The summed E-state index contributed by atoms with van der Waals surface area (Å²) in [5.74, 6) is 5.83. The van der Waals surface area contributed by atoms with Crippen molar-refractivity contribution in [2.24, 2.45) is 5.92 Å². The lowest BCUT2D eigenvalue weighted by Gasteiger charge is -2.27. The standard InChI is InChI=1S/C16H27NO5S/c1-16(2,3)22-15(18)12-17-14-9-7-13(8-10-14)6-5-11-21-23(4,19)20/h13-14,17H,7-12H2,1-4H3. The van der Waals surface area contributed by atoms with Crippen LogP contribution in [0.3, 0.4) is 0 Å². The smallest absolute Gasteiger partial charge is 0.320 e. The van der Waals surface area contributed by atoms with E-state index in [1.54, 1.807) is 0 Å². The number of carbonyl (C=O) groups is 1. The van der Waals surface area contributed by atoms with E-state index in [9.17, 15) is 13.2 Å². The van der Waals surface area contributed by atoms with Crippen molar-refractivity contribution in [2.75, 3.05) is 19.4 Å². The zero-order chi connectivity index (χ0) is 17.5. The van der Waals surface area contributed by atoms with Crippen LogP contribution in [0.5, 0.6) is 0 Å². The summed E-state index contributed by atoms with van der Waals surface area (Å²) in [4.78, 5) is 11.7. The average molecular weight is 345 g/mol. The van der Waals surface area contributed by atoms with Gasteiger partial charge in [0.2, 0.25) is 0 Å². The van der Waals surface area contributed by atoms with Crippen LogP contribution in [-0.4, -0.2) is 45.4 Å². The van der Waals surface area contributed by atoms with Gasteiger partial charge in [-0.3, -0.25) is 8.98 Å². The molecule has 1 fully saturated rings. The van der Waals surface area contributed by atoms with Crippen molar-refractivity contribution in [3.8, 4) is 11.8 Å². The lowest BCUT2D eigenvalue weighted by molar-refractivity contribution is -0.153. The molecule has 6 nitrogen and oxygen atoms in total. The van der Waals surface area contributed by atoms with Crippen molar-refractivity contribution in [1.82, 2.24) is 5.32 Å². The molecular weight excluding hydrogens is 318 g/mol. The Morgan fingerprint density at radius 2 is 1.83 bits per heavy atom. The van der Waals surface area contributed by atoms with Gasteiger partial charge in [-0.05, 0) is 46.5 Å². The van der Waals surface area contributed by atoms with Gasteiger partial charge in [0.05, 0.1) is 12.8 Å². The Morgan fingerprint density at radius 1 is 1.22 bits per heavy atom. The minimum absolute atomic E-state index is 0.0876. The van der Waals surface area contributed by atoms with Gasteiger partial charge in [0.1, 0.15) is 12.2 Å². The fourth-order valence-corrected chi connectivity index (χ4v) is 2.64. The molecule has 132 valence electrons. The van der Waals surface area contributed by atoms with Gasteiger partial charge in [0.25, 0.3) is 10.1 Å². The number of carbonyl (C=O) groups excluding carboxylic acids is 1. The number of esters is 1. The average Bonchev–Trinajstić information content (AvgIpc) is 2.40. The summed E-state index contributed by atoms with van der Waals surface area (Å²) < 4.78 is 31.4. The quantitative estimate of drug-likeness (QED) is 0.461. The summed E-state index contributed by atoms with van der Waals surface area (Å²) in [6.45, 7) is 5.68. The SMILES string of the molecule is CC(C)(C)OC(=O)CNC1CCC(C#CCOS(C)(=O)=O)CC1. The second-order valence-corrected chi connectivity index (χ2v) is 8.45. The summed E-state index contributed by atoms with van der Waals surface area (Å²) in [5.41, 5.74) is -0.458. The molecule has 1 N–H and O–H groups in total. The Morgan fingerprint density at radius 3 is 2.35 bits per heavy atom. The predicted octanol–water partition coefficient (Wildman–Crippen LogP) is 1.46. The fraction of sp³-hybridized carbons (Fsp3) is 0.812. The first-order valence-corrected chi connectivity index (χ1v) is 9.65. The van der Waals surface area contributed by atoms with Gasteiger partial charge >= 0.3 is 5.97 Å². The Hall–Kier alpha value is -1.10.